The molecule has 23 heavy (non-hydrogen) atoms. The highest BCUT2D eigenvalue weighted by atomic mass is 19.4. The third-order valence-electron chi connectivity index (χ3n) is 3.52. The summed E-state index contributed by atoms with van der Waals surface area (Å²) in [6.07, 6.45) is -0.799. The van der Waals surface area contributed by atoms with Gasteiger partial charge in [0.2, 0.25) is 0 Å². The summed E-state index contributed by atoms with van der Waals surface area (Å²) in [6, 6.07) is 5.61. The Labute approximate surface area is 139 Å². The minimum atomic E-state index is -4.26. The Morgan fingerprint density at radius 3 is 2.13 bits per heavy atom. The van der Waals surface area contributed by atoms with Crippen molar-refractivity contribution in [2.75, 3.05) is 0 Å². The molecule has 0 saturated carbocycles. The Morgan fingerprint density at radius 2 is 1.65 bits per heavy atom. The molecule has 0 unspecified atom stereocenters. The number of halogens is 3. The van der Waals surface area contributed by atoms with E-state index in [1.54, 1.807) is 6.07 Å². The van der Waals surface area contributed by atoms with Crippen LogP contribution >= 0.6 is 0 Å². The summed E-state index contributed by atoms with van der Waals surface area (Å²) in [4.78, 5) is 0. The average molecular weight is 326 g/mol. The fraction of sp³-hybridized carbons (Fsp3) is 0.500. The van der Waals surface area contributed by atoms with E-state index in [1.165, 1.54) is 23.3 Å². The minimum Gasteiger partial charge on any atom is -0.166 e. The molecule has 3 heteroatoms. The number of benzene rings is 1. The van der Waals surface area contributed by atoms with E-state index in [-0.39, 0.29) is 0 Å². The molecule has 0 amide bonds. The van der Waals surface area contributed by atoms with Crippen LogP contribution in [0.3, 0.4) is 0 Å². The number of aryl methyl sites for hydroxylation is 1. The zero-order valence-electron chi connectivity index (χ0n) is 15.0. The van der Waals surface area contributed by atoms with Crippen LogP contribution in [0.15, 0.2) is 47.6 Å². The van der Waals surface area contributed by atoms with Gasteiger partial charge in [0.15, 0.2) is 0 Å². The van der Waals surface area contributed by atoms with Crippen molar-refractivity contribution in [3.05, 3.63) is 58.7 Å². The number of alkyl halides is 3. The van der Waals surface area contributed by atoms with Gasteiger partial charge in [-0.2, -0.15) is 13.2 Å². The van der Waals surface area contributed by atoms with Crippen molar-refractivity contribution in [1.29, 1.82) is 0 Å². The summed E-state index contributed by atoms with van der Waals surface area (Å²) < 4.78 is 37.9. The molecular formula is C20H29F3. The lowest BCUT2D eigenvalue weighted by atomic mass is 9.96. The van der Waals surface area contributed by atoms with Crippen molar-refractivity contribution in [3.8, 4) is 0 Å². The van der Waals surface area contributed by atoms with Gasteiger partial charge in [0, 0.05) is 0 Å². The Kier molecular flexibility index (Phi) is 9.62. The first-order valence-corrected chi connectivity index (χ1v) is 8.20. The number of rotatable bonds is 6. The third kappa shape index (κ3) is 8.06. The van der Waals surface area contributed by atoms with Crippen LogP contribution < -0.4 is 0 Å². The van der Waals surface area contributed by atoms with E-state index in [4.69, 9.17) is 0 Å². The molecule has 0 fully saturated rings. The van der Waals surface area contributed by atoms with Gasteiger partial charge in [-0.05, 0) is 63.7 Å². The standard InChI is InChI=1S/C18H23F3.C2H6/c1-13(2)17(14(3)4)11-6-5-8-15-9-7-10-16(12-15)18(19,20)21;1-2/h7,9-10,12H,1,5-6,8,11H2,2-4H3;1-2H3. The highest BCUT2D eigenvalue weighted by molar-refractivity contribution is 5.30. The Morgan fingerprint density at radius 1 is 1.04 bits per heavy atom. The first-order chi connectivity index (χ1) is 10.7. The average Bonchev–Trinajstić information content (AvgIpc) is 2.47. The van der Waals surface area contributed by atoms with E-state index in [2.05, 4.69) is 20.4 Å². The fourth-order valence-electron chi connectivity index (χ4n) is 2.42. The van der Waals surface area contributed by atoms with Gasteiger partial charge in [0.05, 0.1) is 5.56 Å². The van der Waals surface area contributed by atoms with Crippen LogP contribution in [0.25, 0.3) is 0 Å². The molecule has 0 bridgehead atoms. The summed E-state index contributed by atoms with van der Waals surface area (Å²) in [5.41, 5.74) is 3.81. The van der Waals surface area contributed by atoms with Crippen molar-refractivity contribution in [2.45, 2.75) is 66.5 Å². The molecule has 0 radical (unpaired) electrons. The van der Waals surface area contributed by atoms with E-state index >= 15 is 0 Å². The molecule has 0 heterocycles. The van der Waals surface area contributed by atoms with Gasteiger partial charge in [-0.1, -0.05) is 49.8 Å². The van der Waals surface area contributed by atoms with Crippen LogP contribution in [-0.2, 0) is 12.6 Å². The van der Waals surface area contributed by atoms with Gasteiger partial charge >= 0.3 is 6.18 Å². The molecule has 130 valence electrons. The third-order valence-corrected chi connectivity index (χ3v) is 3.52. The number of allylic oxidation sites excluding steroid dienone is 3. The second kappa shape index (κ2) is 10.3. The van der Waals surface area contributed by atoms with Crippen molar-refractivity contribution in [1.82, 2.24) is 0 Å². The summed E-state index contributed by atoms with van der Waals surface area (Å²) >= 11 is 0. The van der Waals surface area contributed by atoms with Crippen LogP contribution in [-0.4, -0.2) is 0 Å². The van der Waals surface area contributed by atoms with Crippen LogP contribution in [0, 0.1) is 0 Å². The van der Waals surface area contributed by atoms with Crippen molar-refractivity contribution in [2.24, 2.45) is 0 Å². The molecule has 1 aromatic rings. The molecule has 1 rings (SSSR count). The monoisotopic (exact) mass is 326 g/mol. The van der Waals surface area contributed by atoms with Gasteiger partial charge in [-0.3, -0.25) is 0 Å². The largest absolute Gasteiger partial charge is 0.416 e. The number of hydrogen-bond acceptors (Lipinski definition) is 0. The second-order valence-electron chi connectivity index (χ2n) is 5.66. The fourth-order valence-corrected chi connectivity index (χ4v) is 2.42. The minimum absolute atomic E-state index is 0.563. The lowest BCUT2D eigenvalue weighted by Gasteiger charge is -2.11. The van der Waals surface area contributed by atoms with Crippen LogP contribution in [0.5, 0.6) is 0 Å². The molecule has 0 aliphatic heterocycles. The van der Waals surface area contributed by atoms with E-state index in [9.17, 15) is 13.2 Å². The molecule has 0 spiro atoms. The normalized spacial score (nSPS) is 10.6. The summed E-state index contributed by atoms with van der Waals surface area (Å²) in [5.74, 6) is 0. The Hall–Kier alpha value is -1.51. The Bertz CT molecular complexity index is 518. The van der Waals surface area contributed by atoms with Gasteiger partial charge in [-0.15, -0.1) is 0 Å². The number of unbranched alkanes of at least 4 members (excludes halogenated alkanes) is 1. The number of hydrogen-bond donors (Lipinski definition) is 0. The molecule has 0 nitrogen and oxygen atoms in total. The lowest BCUT2D eigenvalue weighted by Crippen LogP contribution is -2.05. The molecule has 0 aliphatic carbocycles. The van der Waals surface area contributed by atoms with Crippen LogP contribution in [0.4, 0.5) is 13.2 Å². The van der Waals surface area contributed by atoms with E-state index in [0.717, 1.165) is 36.5 Å². The lowest BCUT2D eigenvalue weighted by molar-refractivity contribution is -0.137. The predicted molar refractivity (Wildman–Crippen MR) is 93.5 cm³/mol. The van der Waals surface area contributed by atoms with Gasteiger partial charge < -0.3 is 0 Å². The maximum absolute atomic E-state index is 12.6. The maximum Gasteiger partial charge on any atom is 0.416 e. The van der Waals surface area contributed by atoms with Crippen molar-refractivity contribution in [3.63, 3.8) is 0 Å². The SMILES string of the molecule is C=C(C)C(CCCCc1cccc(C(F)(F)F)c1)=C(C)C.CC. The topological polar surface area (TPSA) is 0 Å². The zero-order valence-corrected chi connectivity index (χ0v) is 15.0. The summed E-state index contributed by atoms with van der Waals surface area (Å²) in [7, 11) is 0. The van der Waals surface area contributed by atoms with E-state index in [0.29, 0.717) is 6.42 Å². The first-order valence-electron chi connectivity index (χ1n) is 8.20. The van der Waals surface area contributed by atoms with Crippen molar-refractivity contribution < 1.29 is 13.2 Å². The van der Waals surface area contributed by atoms with Crippen molar-refractivity contribution >= 4 is 0 Å². The van der Waals surface area contributed by atoms with Gasteiger partial charge in [-0.25, -0.2) is 0 Å². The molecule has 1 aromatic carbocycles. The highest BCUT2D eigenvalue weighted by Crippen LogP contribution is 2.30. The van der Waals surface area contributed by atoms with E-state index in [1.807, 2.05) is 20.8 Å². The smallest absolute Gasteiger partial charge is 0.166 e. The highest BCUT2D eigenvalue weighted by Gasteiger charge is 2.30. The molecule has 0 aliphatic rings. The molecule has 0 saturated heterocycles. The van der Waals surface area contributed by atoms with Gasteiger partial charge in [0.1, 0.15) is 0 Å². The summed E-state index contributed by atoms with van der Waals surface area (Å²) in [5, 5.41) is 0. The van der Waals surface area contributed by atoms with Crippen LogP contribution in [0.2, 0.25) is 0 Å². The zero-order chi connectivity index (χ0) is 18.0. The quantitative estimate of drug-likeness (QED) is 0.378. The Balaban J connectivity index is 0.00000232. The molecule has 0 atom stereocenters. The van der Waals surface area contributed by atoms with Gasteiger partial charge in [0.25, 0.3) is 0 Å². The molecule has 0 N–H and O–H groups in total. The maximum atomic E-state index is 12.6. The second-order valence-corrected chi connectivity index (χ2v) is 5.66. The summed E-state index contributed by atoms with van der Waals surface area (Å²) in [6.45, 7) is 14.1. The van der Waals surface area contributed by atoms with E-state index < -0.39 is 11.7 Å². The molecular weight excluding hydrogens is 297 g/mol. The molecule has 0 aromatic heterocycles. The predicted octanol–water partition coefficient (Wildman–Crippen LogP) is 7.36. The first kappa shape index (κ1) is 21.5. The van der Waals surface area contributed by atoms with Crippen LogP contribution in [0.1, 0.15) is 65.0 Å².